The molecule has 0 spiro atoms. The highest BCUT2D eigenvalue weighted by Gasteiger charge is 2.33. The van der Waals surface area contributed by atoms with E-state index >= 15 is 0 Å². The van der Waals surface area contributed by atoms with Gasteiger partial charge in [0.25, 0.3) is 0 Å². The Labute approximate surface area is 258 Å². The minimum atomic E-state index is -0.196. The minimum Gasteiger partial charge on any atom is -0.463 e. The maximum absolute atomic E-state index is 13.6. The number of anilines is 2. The maximum Gasteiger partial charge on any atom is 0.305 e. The summed E-state index contributed by atoms with van der Waals surface area (Å²) in [7, 11) is 0. The Morgan fingerprint density at radius 1 is 0.744 bits per heavy atom. The van der Waals surface area contributed by atoms with Crippen LogP contribution in [0, 0.1) is 0 Å². The van der Waals surface area contributed by atoms with Crippen LogP contribution in [0.4, 0.5) is 11.4 Å². The van der Waals surface area contributed by atoms with Gasteiger partial charge in [-0.05, 0) is 25.0 Å². The van der Waals surface area contributed by atoms with Gasteiger partial charge in [-0.1, -0.05) is 115 Å². The molecule has 7 nitrogen and oxygen atoms in total. The van der Waals surface area contributed by atoms with Gasteiger partial charge in [0, 0.05) is 42.0 Å². The second-order valence-electron chi connectivity index (χ2n) is 11.8. The lowest BCUT2D eigenvalue weighted by Gasteiger charge is -2.25. The highest BCUT2D eigenvalue weighted by molar-refractivity contribution is 6.31. The zero-order chi connectivity index (χ0) is 30.9. The number of benzene rings is 2. The van der Waals surface area contributed by atoms with Gasteiger partial charge in [0.15, 0.2) is 11.6 Å². The Kier molecular flexibility index (Phi) is 15.3. The molecule has 0 aromatic heterocycles. The topological polar surface area (TPSA) is 111 Å². The molecular formula is C36H53N3O4. The molecule has 2 aromatic carbocycles. The van der Waals surface area contributed by atoms with Crippen molar-refractivity contribution in [3.63, 3.8) is 0 Å². The van der Waals surface area contributed by atoms with Crippen LogP contribution in [-0.2, 0) is 9.53 Å². The number of hydrogen-bond donors (Lipinski definition) is 3. The van der Waals surface area contributed by atoms with Crippen LogP contribution in [-0.4, -0.2) is 43.3 Å². The number of rotatable bonds is 22. The van der Waals surface area contributed by atoms with Crippen molar-refractivity contribution in [2.45, 2.75) is 116 Å². The van der Waals surface area contributed by atoms with Gasteiger partial charge >= 0.3 is 5.97 Å². The Hall–Kier alpha value is -3.19. The van der Waals surface area contributed by atoms with Gasteiger partial charge in [-0.3, -0.25) is 14.4 Å². The third kappa shape index (κ3) is 10.5. The summed E-state index contributed by atoms with van der Waals surface area (Å²) in [5.41, 5.74) is 8.34. The lowest BCUT2D eigenvalue weighted by atomic mass is 9.82. The lowest BCUT2D eigenvalue weighted by Crippen LogP contribution is -2.29. The predicted octanol–water partition coefficient (Wildman–Crippen LogP) is 8.05. The average molecular weight is 592 g/mol. The fourth-order valence-electron chi connectivity index (χ4n) is 5.75. The molecule has 4 N–H and O–H groups in total. The summed E-state index contributed by atoms with van der Waals surface area (Å²) in [5.74, 6) is -0.569. The van der Waals surface area contributed by atoms with Gasteiger partial charge in [0.2, 0.25) is 0 Å². The summed E-state index contributed by atoms with van der Waals surface area (Å²) in [6.07, 6.45) is 17.6. The third-order valence-corrected chi connectivity index (χ3v) is 8.31. The molecule has 0 fully saturated rings. The molecule has 236 valence electrons. The molecule has 7 heteroatoms. The Bertz CT molecular complexity index is 1180. The number of ether oxygens (including phenoxy) is 1. The van der Waals surface area contributed by atoms with E-state index in [1.807, 2.05) is 13.0 Å². The molecule has 3 rings (SSSR count). The van der Waals surface area contributed by atoms with E-state index in [9.17, 15) is 14.4 Å². The first-order valence-electron chi connectivity index (χ1n) is 16.7. The van der Waals surface area contributed by atoms with Gasteiger partial charge < -0.3 is 21.1 Å². The first-order valence-corrected chi connectivity index (χ1v) is 16.7. The summed E-state index contributed by atoms with van der Waals surface area (Å²) in [5, 5.41) is 6.54. The van der Waals surface area contributed by atoms with Crippen LogP contribution in [0.25, 0.3) is 0 Å². The van der Waals surface area contributed by atoms with Crippen LogP contribution < -0.4 is 16.4 Å². The zero-order valence-corrected chi connectivity index (χ0v) is 26.5. The SMILES string of the molecule is CCCCCCCCCCCCCCCC(=O)OCC(CC)Nc1cccc2c1C(=O)c1cccc(NCCN)c1C2=O. The fraction of sp³-hybridized carbons (Fsp3) is 0.583. The van der Waals surface area contributed by atoms with E-state index in [0.717, 1.165) is 12.8 Å². The Morgan fingerprint density at radius 3 is 1.79 bits per heavy atom. The molecule has 0 saturated heterocycles. The molecule has 0 bridgehead atoms. The first-order chi connectivity index (χ1) is 21.0. The van der Waals surface area contributed by atoms with E-state index in [1.54, 1.807) is 30.3 Å². The van der Waals surface area contributed by atoms with Gasteiger partial charge in [-0.15, -0.1) is 0 Å². The van der Waals surface area contributed by atoms with Crippen molar-refractivity contribution < 1.29 is 19.1 Å². The van der Waals surface area contributed by atoms with Crippen molar-refractivity contribution in [1.29, 1.82) is 0 Å². The average Bonchev–Trinajstić information content (AvgIpc) is 3.02. The van der Waals surface area contributed by atoms with Gasteiger partial charge in [0.05, 0.1) is 17.2 Å². The molecule has 1 atom stereocenters. The molecule has 1 unspecified atom stereocenters. The number of ketones is 2. The molecular weight excluding hydrogens is 538 g/mol. The Balaban J connectivity index is 1.41. The smallest absolute Gasteiger partial charge is 0.305 e. The largest absolute Gasteiger partial charge is 0.463 e. The van der Waals surface area contributed by atoms with Gasteiger partial charge in [-0.25, -0.2) is 0 Å². The summed E-state index contributed by atoms with van der Waals surface area (Å²) in [4.78, 5) is 39.5. The van der Waals surface area contributed by atoms with Crippen LogP contribution >= 0.6 is 0 Å². The van der Waals surface area contributed by atoms with Crippen LogP contribution in [0.5, 0.6) is 0 Å². The predicted molar refractivity (Wildman–Crippen MR) is 176 cm³/mol. The first kappa shape index (κ1) is 34.3. The molecule has 2 aromatic rings. The summed E-state index contributed by atoms with van der Waals surface area (Å²) in [6.45, 7) is 5.39. The van der Waals surface area contributed by atoms with E-state index in [4.69, 9.17) is 10.5 Å². The number of nitrogens with two attached hydrogens (primary N) is 1. The highest BCUT2D eigenvalue weighted by Crippen LogP contribution is 2.35. The monoisotopic (exact) mass is 591 g/mol. The second kappa shape index (κ2) is 19.2. The number of unbranched alkanes of at least 4 members (excludes halogenated alkanes) is 12. The van der Waals surface area contributed by atoms with Crippen LogP contribution in [0.3, 0.4) is 0 Å². The number of hydrogen-bond acceptors (Lipinski definition) is 7. The quantitative estimate of drug-likeness (QED) is 0.0801. The molecule has 1 aliphatic rings. The van der Waals surface area contributed by atoms with Crippen molar-refractivity contribution >= 4 is 28.9 Å². The minimum absolute atomic E-state index is 0.177. The summed E-state index contributed by atoms with van der Waals surface area (Å²) in [6, 6.07) is 10.4. The molecule has 0 amide bonds. The maximum atomic E-state index is 13.6. The second-order valence-corrected chi connectivity index (χ2v) is 11.8. The number of nitrogens with one attached hydrogen (secondary N) is 2. The number of fused-ring (bicyclic) bond motifs is 2. The molecule has 1 aliphatic carbocycles. The summed E-state index contributed by atoms with van der Waals surface area (Å²) < 4.78 is 5.60. The van der Waals surface area contributed by atoms with Crippen molar-refractivity contribution in [1.82, 2.24) is 0 Å². The molecule has 0 aliphatic heterocycles. The number of carbonyl (C=O) groups is 3. The van der Waals surface area contributed by atoms with Crippen molar-refractivity contribution in [3.05, 3.63) is 58.7 Å². The Morgan fingerprint density at radius 2 is 1.26 bits per heavy atom. The van der Waals surface area contributed by atoms with Crippen LogP contribution in [0.1, 0.15) is 142 Å². The van der Waals surface area contributed by atoms with E-state index in [2.05, 4.69) is 17.6 Å². The van der Waals surface area contributed by atoms with Gasteiger partial charge in [-0.2, -0.15) is 0 Å². The zero-order valence-electron chi connectivity index (χ0n) is 26.5. The summed E-state index contributed by atoms with van der Waals surface area (Å²) >= 11 is 0. The van der Waals surface area contributed by atoms with E-state index in [-0.39, 0.29) is 30.2 Å². The normalized spacial score (nSPS) is 12.9. The number of esters is 1. The van der Waals surface area contributed by atoms with E-state index in [1.165, 1.54) is 70.6 Å². The van der Waals surface area contributed by atoms with Crippen molar-refractivity contribution in [2.75, 3.05) is 30.3 Å². The third-order valence-electron chi connectivity index (χ3n) is 8.31. The fourth-order valence-corrected chi connectivity index (χ4v) is 5.75. The highest BCUT2D eigenvalue weighted by atomic mass is 16.5. The van der Waals surface area contributed by atoms with Crippen molar-refractivity contribution in [3.8, 4) is 0 Å². The standard InChI is InChI=1S/C36H53N3O4/c1-3-5-6-7-8-9-10-11-12-13-14-15-16-23-32(40)43-26-27(4-2)39-31-22-18-20-29-34(31)36(42)28-19-17-21-30(38-25-24-37)33(28)35(29)41/h17-22,27,38-39H,3-16,23-26,37H2,1-2H3. The van der Waals surface area contributed by atoms with Gasteiger partial charge in [0.1, 0.15) is 6.61 Å². The molecule has 43 heavy (non-hydrogen) atoms. The molecule has 0 radical (unpaired) electrons. The molecule has 0 heterocycles. The lowest BCUT2D eigenvalue weighted by molar-refractivity contribution is -0.144. The van der Waals surface area contributed by atoms with Crippen molar-refractivity contribution in [2.24, 2.45) is 5.73 Å². The number of carbonyl (C=O) groups excluding carboxylic acids is 3. The molecule has 0 saturated carbocycles. The van der Waals surface area contributed by atoms with E-state index < -0.39 is 0 Å². The van der Waals surface area contributed by atoms with Crippen LogP contribution in [0.2, 0.25) is 0 Å². The van der Waals surface area contributed by atoms with Crippen LogP contribution in [0.15, 0.2) is 36.4 Å². The van der Waals surface area contributed by atoms with E-state index in [0.29, 0.717) is 59.6 Å².